The fourth-order valence-corrected chi connectivity index (χ4v) is 2.98. The molecule has 7 heteroatoms. The van der Waals surface area contributed by atoms with Gasteiger partial charge >= 0.3 is 0 Å². The molecule has 122 valence electrons. The van der Waals surface area contributed by atoms with Crippen LogP contribution in [0, 0.1) is 0 Å². The van der Waals surface area contributed by atoms with Gasteiger partial charge in [0.2, 0.25) is 5.78 Å². The Bertz CT molecular complexity index is 843. The molecule has 0 aliphatic rings. The SMILES string of the molecule is CN(C)c1ccc(Nc2nc(N)c(C(=O)c3ccccn3)s2)cc1. The molecule has 0 atom stereocenters. The largest absolute Gasteiger partial charge is 0.382 e. The lowest BCUT2D eigenvalue weighted by Crippen LogP contribution is -2.08. The van der Waals surface area contributed by atoms with Gasteiger partial charge in [0.25, 0.3) is 0 Å². The zero-order valence-corrected chi connectivity index (χ0v) is 14.2. The Morgan fingerprint density at radius 1 is 1.17 bits per heavy atom. The Morgan fingerprint density at radius 2 is 1.92 bits per heavy atom. The van der Waals surface area contributed by atoms with Crippen molar-refractivity contribution in [3.05, 3.63) is 59.2 Å². The molecular formula is C17H17N5OS. The van der Waals surface area contributed by atoms with E-state index in [0.29, 0.717) is 15.7 Å². The van der Waals surface area contributed by atoms with E-state index >= 15 is 0 Å². The topological polar surface area (TPSA) is 84.1 Å². The zero-order chi connectivity index (χ0) is 17.1. The maximum Gasteiger partial charge on any atom is 0.225 e. The van der Waals surface area contributed by atoms with Crippen LogP contribution in [-0.4, -0.2) is 29.8 Å². The van der Waals surface area contributed by atoms with E-state index in [1.54, 1.807) is 24.4 Å². The van der Waals surface area contributed by atoms with Crippen LogP contribution in [0.15, 0.2) is 48.7 Å². The van der Waals surface area contributed by atoms with Crippen LogP contribution >= 0.6 is 11.3 Å². The molecule has 0 bridgehead atoms. The summed E-state index contributed by atoms with van der Waals surface area (Å²) in [5.74, 6) is -0.00956. The maximum absolute atomic E-state index is 12.4. The van der Waals surface area contributed by atoms with E-state index in [4.69, 9.17) is 5.73 Å². The van der Waals surface area contributed by atoms with Gasteiger partial charge in [-0.05, 0) is 36.4 Å². The number of nitrogens with one attached hydrogen (secondary N) is 1. The minimum absolute atomic E-state index is 0.211. The molecule has 0 aliphatic heterocycles. The number of carbonyl (C=O) groups excluding carboxylic acids is 1. The van der Waals surface area contributed by atoms with Crippen LogP contribution in [0.2, 0.25) is 0 Å². The van der Waals surface area contributed by atoms with E-state index in [1.807, 2.05) is 43.3 Å². The molecule has 2 heterocycles. The number of hydrogen-bond donors (Lipinski definition) is 2. The average Bonchev–Trinajstić information content (AvgIpc) is 2.95. The third-order valence-corrected chi connectivity index (χ3v) is 4.38. The second-order valence-electron chi connectivity index (χ2n) is 5.34. The molecule has 6 nitrogen and oxygen atoms in total. The lowest BCUT2D eigenvalue weighted by atomic mass is 10.2. The van der Waals surface area contributed by atoms with Crippen molar-refractivity contribution >= 4 is 39.4 Å². The predicted molar refractivity (Wildman–Crippen MR) is 98.2 cm³/mol. The molecule has 0 fully saturated rings. The van der Waals surface area contributed by atoms with Crippen LogP contribution in [-0.2, 0) is 0 Å². The Hall–Kier alpha value is -2.93. The van der Waals surface area contributed by atoms with Gasteiger partial charge in [0.15, 0.2) is 5.13 Å². The van der Waals surface area contributed by atoms with Crippen molar-refractivity contribution in [2.24, 2.45) is 0 Å². The summed E-state index contributed by atoms with van der Waals surface area (Å²) in [7, 11) is 3.97. The number of ketones is 1. The van der Waals surface area contributed by atoms with Crippen LogP contribution in [0.25, 0.3) is 0 Å². The minimum Gasteiger partial charge on any atom is -0.382 e. The monoisotopic (exact) mass is 339 g/mol. The van der Waals surface area contributed by atoms with Gasteiger partial charge in [-0.15, -0.1) is 0 Å². The molecule has 0 amide bonds. The highest BCUT2D eigenvalue weighted by Crippen LogP contribution is 2.29. The quantitative estimate of drug-likeness (QED) is 0.695. The number of rotatable bonds is 5. The van der Waals surface area contributed by atoms with E-state index in [1.165, 1.54) is 11.3 Å². The van der Waals surface area contributed by atoms with Crippen LogP contribution in [0.4, 0.5) is 22.3 Å². The molecule has 0 unspecified atom stereocenters. The number of nitrogens with two attached hydrogens (primary N) is 1. The van der Waals surface area contributed by atoms with Gasteiger partial charge in [0.1, 0.15) is 16.4 Å². The fourth-order valence-electron chi connectivity index (χ4n) is 2.13. The number of hydrogen-bond acceptors (Lipinski definition) is 7. The van der Waals surface area contributed by atoms with Crippen molar-refractivity contribution in [3.63, 3.8) is 0 Å². The molecule has 0 saturated carbocycles. The number of benzene rings is 1. The Kier molecular flexibility index (Phi) is 4.43. The van der Waals surface area contributed by atoms with Gasteiger partial charge in [-0.3, -0.25) is 9.78 Å². The molecule has 2 aromatic heterocycles. The van der Waals surface area contributed by atoms with Crippen molar-refractivity contribution in [1.82, 2.24) is 9.97 Å². The molecule has 0 saturated heterocycles. The number of aromatic nitrogens is 2. The summed E-state index contributed by atoms with van der Waals surface area (Å²) >= 11 is 1.22. The smallest absolute Gasteiger partial charge is 0.225 e. The van der Waals surface area contributed by atoms with Gasteiger partial charge in [-0.2, -0.15) is 0 Å². The highest BCUT2D eigenvalue weighted by atomic mass is 32.1. The molecule has 0 aliphatic carbocycles. The van der Waals surface area contributed by atoms with Gasteiger partial charge in [-0.25, -0.2) is 4.98 Å². The number of anilines is 4. The summed E-state index contributed by atoms with van der Waals surface area (Å²) in [6, 6.07) is 13.1. The Labute approximate surface area is 144 Å². The number of nitrogens with zero attached hydrogens (tertiary/aromatic N) is 3. The van der Waals surface area contributed by atoms with Crippen LogP contribution < -0.4 is 16.0 Å². The number of nitrogen functional groups attached to an aromatic ring is 1. The zero-order valence-electron chi connectivity index (χ0n) is 13.4. The number of thiazole rings is 1. The normalized spacial score (nSPS) is 10.4. The summed E-state index contributed by atoms with van der Waals surface area (Å²) < 4.78 is 0. The molecule has 3 rings (SSSR count). The molecule has 24 heavy (non-hydrogen) atoms. The third-order valence-electron chi connectivity index (χ3n) is 3.39. The summed E-state index contributed by atoms with van der Waals surface area (Å²) in [5, 5.41) is 3.75. The first-order valence-corrected chi connectivity index (χ1v) is 8.12. The first kappa shape index (κ1) is 15.9. The predicted octanol–water partition coefficient (Wildman–Crippen LogP) is 3.16. The van der Waals surface area contributed by atoms with Crippen molar-refractivity contribution in [2.75, 3.05) is 30.0 Å². The summed E-state index contributed by atoms with van der Waals surface area (Å²) in [5.41, 5.74) is 8.24. The van der Waals surface area contributed by atoms with Crippen LogP contribution in [0.5, 0.6) is 0 Å². The van der Waals surface area contributed by atoms with Crippen molar-refractivity contribution in [3.8, 4) is 0 Å². The molecule has 0 radical (unpaired) electrons. The standard InChI is InChI=1S/C17H17N5OS/c1-22(2)12-8-6-11(7-9-12)20-17-21-16(18)15(24-17)14(23)13-5-3-4-10-19-13/h3-10H,18H2,1-2H3,(H,20,21). The molecule has 3 aromatic rings. The summed E-state index contributed by atoms with van der Waals surface area (Å²) in [4.78, 5) is 23.2. The van der Waals surface area contributed by atoms with E-state index in [-0.39, 0.29) is 11.6 Å². The average molecular weight is 339 g/mol. The fraction of sp³-hybridized carbons (Fsp3) is 0.118. The van der Waals surface area contributed by atoms with E-state index in [2.05, 4.69) is 15.3 Å². The minimum atomic E-state index is -0.221. The van der Waals surface area contributed by atoms with Gasteiger partial charge in [-0.1, -0.05) is 17.4 Å². The first-order chi connectivity index (χ1) is 11.5. The van der Waals surface area contributed by atoms with Crippen LogP contribution in [0.3, 0.4) is 0 Å². The van der Waals surface area contributed by atoms with Crippen molar-refractivity contribution in [1.29, 1.82) is 0 Å². The Morgan fingerprint density at radius 3 is 2.54 bits per heavy atom. The van der Waals surface area contributed by atoms with Gasteiger partial charge in [0, 0.05) is 31.7 Å². The second-order valence-corrected chi connectivity index (χ2v) is 6.34. The highest BCUT2D eigenvalue weighted by Gasteiger charge is 2.18. The molecule has 1 aromatic carbocycles. The van der Waals surface area contributed by atoms with Crippen molar-refractivity contribution < 1.29 is 4.79 Å². The number of carbonyl (C=O) groups is 1. The van der Waals surface area contributed by atoms with Crippen LogP contribution in [0.1, 0.15) is 15.4 Å². The maximum atomic E-state index is 12.4. The molecule has 3 N–H and O–H groups in total. The first-order valence-electron chi connectivity index (χ1n) is 7.31. The van der Waals surface area contributed by atoms with E-state index < -0.39 is 0 Å². The Balaban J connectivity index is 1.80. The van der Waals surface area contributed by atoms with Gasteiger partial charge < -0.3 is 16.0 Å². The van der Waals surface area contributed by atoms with Gasteiger partial charge in [0.05, 0.1) is 0 Å². The summed E-state index contributed by atoms with van der Waals surface area (Å²) in [6.07, 6.45) is 1.58. The summed E-state index contributed by atoms with van der Waals surface area (Å²) in [6.45, 7) is 0. The molecular weight excluding hydrogens is 322 g/mol. The highest BCUT2D eigenvalue weighted by molar-refractivity contribution is 7.18. The number of pyridine rings is 1. The lowest BCUT2D eigenvalue weighted by Gasteiger charge is -2.12. The second kappa shape index (κ2) is 6.67. The third kappa shape index (κ3) is 3.36. The van der Waals surface area contributed by atoms with Crippen molar-refractivity contribution in [2.45, 2.75) is 0 Å². The lowest BCUT2D eigenvalue weighted by molar-refractivity contribution is 0.103. The molecule has 0 spiro atoms. The van der Waals surface area contributed by atoms with E-state index in [9.17, 15) is 4.79 Å². The van der Waals surface area contributed by atoms with E-state index in [0.717, 1.165) is 11.4 Å².